The molecule has 1 N–H and O–H groups in total. The maximum atomic E-state index is 13.4. The summed E-state index contributed by atoms with van der Waals surface area (Å²) >= 11 is 0. The van der Waals surface area contributed by atoms with Crippen LogP contribution < -0.4 is 10.1 Å². The largest absolute Gasteiger partial charge is 0.494 e. The molecular weight excluding hydrogens is 259 g/mol. The van der Waals surface area contributed by atoms with Gasteiger partial charge in [0.1, 0.15) is 0 Å². The second kappa shape index (κ2) is 5.40. The summed E-state index contributed by atoms with van der Waals surface area (Å²) in [5, 5.41) is 3.38. The van der Waals surface area contributed by atoms with Crippen LogP contribution in [0, 0.1) is 17.7 Å². The van der Waals surface area contributed by atoms with Gasteiger partial charge in [-0.2, -0.15) is 0 Å². The van der Waals surface area contributed by atoms with E-state index in [9.17, 15) is 9.18 Å². The fraction of sp³-hybridized carbons (Fsp3) is 0.533. The number of carbonyl (C=O) groups excluding carboxylic acids is 1. The van der Waals surface area contributed by atoms with E-state index in [1.807, 2.05) is 4.90 Å². The van der Waals surface area contributed by atoms with Crippen molar-refractivity contribution in [3.63, 3.8) is 0 Å². The van der Waals surface area contributed by atoms with Crippen LogP contribution in [0.15, 0.2) is 18.2 Å². The number of likely N-dealkylation sites (tertiary alicyclic amines) is 1. The van der Waals surface area contributed by atoms with E-state index in [0.29, 0.717) is 17.4 Å². The summed E-state index contributed by atoms with van der Waals surface area (Å²) < 4.78 is 18.3. The molecule has 4 nitrogen and oxygen atoms in total. The standard InChI is InChI=1S/C15H19FN2O2/c1-20-14-6-10(2-3-13(14)16)15(19)18-5-4-11-7-17-8-12(11)9-18/h2-3,6,11-12,17H,4-5,7-9H2,1H3. The molecule has 2 heterocycles. The lowest BCUT2D eigenvalue weighted by Gasteiger charge is -2.34. The third kappa shape index (κ3) is 2.38. The Morgan fingerprint density at radius 2 is 2.20 bits per heavy atom. The van der Waals surface area contributed by atoms with Crippen molar-refractivity contribution in [3.8, 4) is 5.75 Å². The van der Waals surface area contributed by atoms with Crippen LogP contribution in [0.4, 0.5) is 4.39 Å². The lowest BCUT2D eigenvalue weighted by atomic mass is 9.88. The number of nitrogens with zero attached hydrogens (tertiary/aromatic N) is 1. The zero-order valence-electron chi connectivity index (χ0n) is 11.6. The van der Waals surface area contributed by atoms with Crippen LogP contribution in [0.1, 0.15) is 16.8 Å². The molecule has 0 aromatic heterocycles. The number of methoxy groups -OCH3 is 1. The third-order valence-corrected chi connectivity index (χ3v) is 4.39. The Hall–Kier alpha value is -1.62. The predicted octanol–water partition coefficient (Wildman–Crippen LogP) is 1.52. The highest BCUT2D eigenvalue weighted by Gasteiger charge is 2.34. The molecule has 0 spiro atoms. The molecule has 2 saturated heterocycles. The van der Waals surface area contributed by atoms with E-state index in [4.69, 9.17) is 4.74 Å². The van der Waals surface area contributed by atoms with E-state index in [-0.39, 0.29) is 11.7 Å². The molecule has 2 unspecified atom stereocenters. The van der Waals surface area contributed by atoms with Crippen molar-refractivity contribution in [1.29, 1.82) is 0 Å². The molecule has 0 bridgehead atoms. The van der Waals surface area contributed by atoms with Crippen molar-refractivity contribution >= 4 is 5.91 Å². The van der Waals surface area contributed by atoms with Gasteiger partial charge in [-0.3, -0.25) is 4.79 Å². The van der Waals surface area contributed by atoms with Crippen LogP contribution in [0.5, 0.6) is 5.75 Å². The molecule has 1 amide bonds. The number of carbonyl (C=O) groups is 1. The molecule has 2 aliphatic rings. The minimum atomic E-state index is -0.442. The van der Waals surface area contributed by atoms with E-state index >= 15 is 0 Å². The van der Waals surface area contributed by atoms with Gasteiger partial charge in [0.2, 0.25) is 0 Å². The first-order valence-corrected chi connectivity index (χ1v) is 7.02. The minimum Gasteiger partial charge on any atom is -0.494 e. The summed E-state index contributed by atoms with van der Waals surface area (Å²) in [5.74, 6) is 0.890. The van der Waals surface area contributed by atoms with Crippen LogP contribution in [-0.4, -0.2) is 44.1 Å². The van der Waals surface area contributed by atoms with Crippen LogP contribution in [0.3, 0.4) is 0 Å². The summed E-state index contributed by atoms with van der Waals surface area (Å²) in [5.41, 5.74) is 0.493. The maximum Gasteiger partial charge on any atom is 0.254 e. The summed E-state index contributed by atoms with van der Waals surface area (Å²) in [4.78, 5) is 14.4. The molecule has 0 saturated carbocycles. The number of rotatable bonds is 2. The maximum absolute atomic E-state index is 13.4. The van der Waals surface area contributed by atoms with Gasteiger partial charge in [0.15, 0.2) is 11.6 Å². The highest BCUT2D eigenvalue weighted by molar-refractivity contribution is 5.94. The van der Waals surface area contributed by atoms with Gasteiger partial charge in [-0.15, -0.1) is 0 Å². The molecule has 20 heavy (non-hydrogen) atoms. The lowest BCUT2D eigenvalue weighted by Crippen LogP contribution is -2.43. The molecule has 0 radical (unpaired) electrons. The van der Waals surface area contributed by atoms with Gasteiger partial charge in [-0.25, -0.2) is 4.39 Å². The predicted molar refractivity (Wildman–Crippen MR) is 73.3 cm³/mol. The molecule has 1 aromatic rings. The number of piperidine rings is 1. The molecule has 0 aliphatic carbocycles. The molecular formula is C15H19FN2O2. The topological polar surface area (TPSA) is 41.6 Å². The van der Waals surface area contributed by atoms with Gasteiger partial charge in [-0.1, -0.05) is 0 Å². The number of hydrogen-bond donors (Lipinski definition) is 1. The fourth-order valence-electron chi connectivity index (χ4n) is 3.19. The van der Waals surface area contributed by atoms with E-state index in [1.165, 1.54) is 25.3 Å². The Morgan fingerprint density at radius 3 is 3.00 bits per heavy atom. The summed E-state index contributed by atoms with van der Waals surface area (Å²) in [6, 6.07) is 4.30. The second-order valence-corrected chi connectivity index (χ2v) is 5.57. The molecule has 1 aromatic carbocycles. The van der Waals surface area contributed by atoms with E-state index in [1.54, 1.807) is 0 Å². The average Bonchev–Trinajstić information content (AvgIpc) is 2.94. The number of halogens is 1. The minimum absolute atomic E-state index is 0.0337. The first-order chi connectivity index (χ1) is 9.69. The number of hydrogen-bond acceptors (Lipinski definition) is 3. The molecule has 5 heteroatoms. The van der Waals surface area contributed by atoms with E-state index < -0.39 is 5.82 Å². The Labute approximate surface area is 117 Å². The van der Waals surface area contributed by atoms with Gasteiger partial charge in [0.25, 0.3) is 5.91 Å². The first kappa shape index (κ1) is 13.4. The summed E-state index contributed by atoms with van der Waals surface area (Å²) in [6.45, 7) is 3.62. The van der Waals surface area contributed by atoms with Crippen LogP contribution in [0.2, 0.25) is 0 Å². The highest BCUT2D eigenvalue weighted by atomic mass is 19.1. The number of fused-ring (bicyclic) bond motifs is 1. The van der Waals surface area contributed by atoms with Gasteiger partial charge in [-0.05, 0) is 49.5 Å². The van der Waals surface area contributed by atoms with Gasteiger partial charge in [0, 0.05) is 18.7 Å². The highest BCUT2D eigenvalue weighted by Crippen LogP contribution is 2.28. The Bertz CT molecular complexity index is 521. The van der Waals surface area contributed by atoms with Crippen molar-refractivity contribution in [2.45, 2.75) is 6.42 Å². The molecule has 2 atom stereocenters. The Balaban J connectivity index is 1.75. The molecule has 2 aliphatic heterocycles. The number of ether oxygens (including phenoxy) is 1. The number of amides is 1. The summed E-state index contributed by atoms with van der Waals surface area (Å²) in [6.07, 6.45) is 1.04. The van der Waals surface area contributed by atoms with E-state index in [0.717, 1.165) is 32.6 Å². The normalized spacial score (nSPS) is 25.4. The Kier molecular flexibility index (Phi) is 3.61. The van der Waals surface area contributed by atoms with Crippen molar-refractivity contribution < 1.29 is 13.9 Å². The van der Waals surface area contributed by atoms with Crippen LogP contribution in [0.25, 0.3) is 0 Å². The SMILES string of the molecule is COc1cc(C(=O)N2CCC3CNCC3C2)ccc1F. The third-order valence-electron chi connectivity index (χ3n) is 4.39. The first-order valence-electron chi connectivity index (χ1n) is 7.02. The van der Waals surface area contributed by atoms with Crippen LogP contribution >= 0.6 is 0 Å². The van der Waals surface area contributed by atoms with Crippen molar-refractivity contribution in [3.05, 3.63) is 29.6 Å². The van der Waals surface area contributed by atoms with E-state index in [2.05, 4.69) is 5.32 Å². The lowest BCUT2D eigenvalue weighted by molar-refractivity contribution is 0.0642. The van der Waals surface area contributed by atoms with Crippen LogP contribution in [-0.2, 0) is 0 Å². The van der Waals surface area contributed by atoms with Crippen molar-refractivity contribution in [2.24, 2.45) is 11.8 Å². The van der Waals surface area contributed by atoms with Gasteiger partial charge < -0.3 is 15.0 Å². The molecule has 108 valence electrons. The summed E-state index contributed by atoms with van der Waals surface area (Å²) in [7, 11) is 1.41. The molecule has 3 rings (SSSR count). The quantitative estimate of drug-likeness (QED) is 0.891. The van der Waals surface area contributed by atoms with Crippen molar-refractivity contribution in [2.75, 3.05) is 33.3 Å². The smallest absolute Gasteiger partial charge is 0.254 e. The van der Waals surface area contributed by atoms with Crippen molar-refractivity contribution in [1.82, 2.24) is 10.2 Å². The fourth-order valence-corrected chi connectivity index (χ4v) is 3.19. The van der Waals surface area contributed by atoms with Gasteiger partial charge >= 0.3 is 0 Å². The van der Waals surface area contributed by atoms with Gasteiger partial charge in [0.05, 0.1) is 7.11 Å². The zero-order valence-corrected chi connectivity index (χ0v) is 11.6. The average molecular weight is 278 g/mol. The second-order valence-electron chi connectivity index (χ2n) is 5.57. The number of nitrogens with one attached hydrogen (secondary N) is 1. The number of benzene rings is 1. The Morgan fingerprint density at radius 1 is 1.40 bits per heavy atom. The zero-order chi connectivity index (χ0) is 14.1. The molecule has 2 fully saturated rings. The monoisotopic (exact) mass is 278 g/mol.